The van der Waals surface area contributed by atoms with Crippen LogP contribution in [0.3, 0.4) is 0 Å². The zero-order chi connectivity index (χ0) is 15.9. The zero-order valence-corrected chi connectivity index (χ0v) is 13.9. The Labute approximate surface area is 134 Å². The number of aryl methyl sites for hydroxylation is 3. The Morgan fingerprint density at radius 1 is 1.27 bits per heavy atom. The minimum atomic E-state index is 0.351. The molecule has 0 atom stereocenters. The van der Waals surface area contributed by atoms with E-state index in [0.717, 1.165) is 22.0 Å². The summed E-state index contributed by atoms with van der Waals surface area (Å²) in [6.45, 7) is 6.79. The van der Waals surface area contributed by atoms with Crippen LogP contribution < -0.4 is 10.5 Å². The van der Waals surface area contributed by atoms with Crippen molar-refractivity contribution in [2.24, 2.45) is 10.9 Å². The second-order valence-corrected chi connectivity index (χ2v) is 6.13. The van der Waals surface area contributed by atoms with Crippen molar-refractivity contribution in [2.75, 3.05) is 13.2 Å². The highest BCUT2D eigenvalue weighted by molar-refractivity contribution is 7.09. The van der Waals surface area contributed by atoms with Crippen LogP contribution in [0.25, 0.3) is 0 Å². The maximum Gasteiger partial charge on any atom is 0.151 e. The molecule has 2 rings (SSSR count). The highest BCUT2D eigenvalue weighted by Crippen LogP contribution is 2.18. The van der Waals surface area contributed by atoms with Gasteiger partial charge >= 0.3 is 0 Å². The molecule has 0 aliphatic rings. The van der Waals surface area contributed by atoms with Crippen LogP contribution in [0.4, 0.5) is 0 Å². The maximum atomic E-state index is 5.80. The molecule has 1 heterocycles. The molecule has 1 aromatic carbocycles. The van der Waals surface area contributed by atoms with Gasteiger partial charge in [0.05, 0.1) is 17.1 Å². The third-order valence-corrected chi connectivity index (χ3v) is 3.81. The van der Waals surface area contributed by atoms with Gasteiger partial charge in [0.1, 0.15) is 18.2 Å². The van der Waals surface area contributed by atoms with Crippen molar-refractivity contribution in [3.8, 4) is 5.75 Å². The van der Waals surface area contributed by atoms with Gasteiger partial charge in [-0.3, -0.25) is 0 Å². The van der Waals surface area contributed by atoms with Crippen molar-refractivity contribution >= 4 is 17.2 Å². The van der Waals surface area contributed by atoms with Gasteiger partial charge in [-0.2, -0.15) is 0 Å². The third-order valence-electron chi connectivity index (χ3n) is 2.99. The second-order valence-electron chi connectivity index (χ2n) is 5.07. The molecule has 0 saturated carbocycles. The Kier molecular flexibility index (Phi) is 5.77. The van der Waals surface area contributed by atoms with Crippen molar-refractivity contribution in [3.63, 3.8) is 0 Å². The van der Waals surface area contributed by atoms with E-state index in [4.69, 9.17) is 15.3 Å². The summed E-state index contributed by atoms with van der Waals surface area (Å²) in [4.78, 5) is 9.51. The minimum absolute atomic E-state index is 0.351. The monoisotopic (exact) mass is 319 g/mol. The van der Waals surface area contributed by atoms with E-state index in [1.54, 1.807) is 11.3 Å². The van der Waals surface area contributed by atoms with Gasteiger partial charge in [-0.1, -0.05) is 17.3 Å². The lowest BCUT2D eigenvalue weighted by atomic mass is 10.1. The molecule has 0 fully saturated rings. The van der Waals surface area contributed by atoms with E-state index in [9.17, 15) is 0 Å². The van der Waals surface area contributed by atoms with Crippen molar-refractivity contribution in [1.82, 2.24) is 4.98 Å². The van der Waals surface area contributed by atoms with Crippen molar-refractivity contribution in [2.45, 2.75) is 27.2 Å². The van der Waals surface area contributed by atoms with Gasteiger partial charge in [-0.25, -0.2) is 4.98 Å². The number of hydrogen-bond donors (Lipinski definition) is 1. The average molecular weight is 319 g/mol. The number of nitrogens with zero attached hydrogens (tertiary/aromatic N) is 2. The summed E-state index contributed by atoms with van der Waals surface area (Å²) in [6, 6.07) is 6.11. The quantitative estimate of drug-likeness (QED) is 0.369. The minimum Gasteiger partial charge on any atom is -0.490 e. The summed E-state index contributed by atoms with van der Waals surface area (Å²) < 4.78 is 5.68. The number of ether oxygens (including phenoxy) is 1. The molecular formula is C16H21N3O2S. The number of hydrogen-bond acceptors (Lipinski definition) is 5. The molecule has 0 aliphatic carbocycles. The first-order chi connectivity index (χ1) is 10.5. The van der Waals surface area contributed by atoms with Crippen LogP contribution in [-0.4, -0.2) is 24.0 Å². The highest BCUT2D eigenvalue weighted by atomic mass is 32.1. The molecule has 5 nitrogen and oxygen atoms in total. The normalized spacial score (nSPS) is 11.5. The van der Waals surface area contributed by atoms with E-state index in [1.165, 1.54) is 5.56 Å². The smallest absolute Gasteiger partial charge is 0.151 e. The SMILES string of the molecule is Cc1ccc(C)c(OCCO/N=C(/N)Cc2csc(C)n2)c1. The number of nitrogens with two attached hydrogens (primary N) is 1. The maximum absolute atomic E-state index is 5.80. The Balaban J connectivity index is 1.72. The van der Waals surface area contributed by atoms with Crippen LogP contribution in [0.15, 0.2) is 28.7 Å². The molecule has 0 unspecified atom stereocenters. The lowest BCUT2D eigenvalue weighted by Crippen LogP contribution is -2.16. The van der Waals surface area contributed by atoms with E-state index in [0.29, 0.717) is 25.5 Å². The number of amidine groups is 1. The Morgan fingerprint density at radius 2 is 2.09 bits per heavy atom. The first-order valence-corrected chi connectivity index (χ1v) is 7.98. The van der Waals surface area contributed by atoms with Crippen LogP contribution >= 0.6 is 11.3 Å². The predicted molar refractivity (Wildman–Crippen MR) is 89.5 cm³/mol. The largest absolute Gasteiger partial charge is 0.490 e. The number of aromatic nitrogens is 1. The summed E-state index contributed by atoms with van der Waals surface area (Å²) in [5.74, 6) is 1.29. The number of oxime groups is 1. The van der Waals surface area contributed by atoms with Crippen molar-refractivity contribution in [1.29, 1.82) is 0 Å². The molecule has 0 aliphatic heterocycles. The van der Waals surface area contributed by atoms with Gasteiger partial charge in [-0.15, -0.1) is 11.3 Å². The molecule has 0 amide bonds. The fourth-order valence-corrected chi connectivity index (χ4v) is 2.50. The first kappa shape index (κ1) is 16.3. The Hall–Kier alpha value is -2.08. The van der Waals surface area contributed by atoms with E-state index in [-0.39, 0.29) is 0 Å². The molecule has 0 radical (unpaired) electrons. The molecule has 0 saturated heterocycles. The molecule has 22 heavy (non-hydrogen) atoms. The molecule has 0 spiro atoms. The van der Waals surface area contributed by atoms with Crippen LogP contribution in [-0.2, 0) is 11.3 Å². The van der Waals surface area contributed by atoms with Crippen LogP contribution in [0.2, 0.25) is 0 Å². The number of thiazole rings is 1. The van der Waals surface area contributed by atoms with E-state index >= 15 is 0 Å². The standard InChI is InChI=1S/C16H21N3O2S/c1-11-4-5-12(2)15(8-11)20-6-7-21-19-16(17)9-14-10-22-13(3)18-14/h4-5,8,10H,6-7,9H2,1-3H3,(H2,17,19). The van der Waals surface area contributed by atoms with Gasteiger partial charge in [0.25, 0.3) is 0 Å². The summed E-state index contributed by atoms with van der Waals surface area (Å²) in [7, 11) is 0. The topological polar surface area (TPSA) is 69.7 Å². The second kappa shape index (κ2) is 7.79. The van der Waals surface area contributed by atoms with Gasteiger partial charge in [-0.05, 0) is 38.0 Å². The summed E-state index contributed by atoms with van der Waals surface area (Å²) in [5, 5.41) is 6.87. The van der Waals surface area contributed by atoms with Gasteiger partial charge in [0, 0.05) is 5.38 Å². The number of rotatable bonds is 7. The first-order valence-electron chi connectivity index (χ1n) is 7.10. The van der Waals surface area contributed by atoms with Crippen LogP contribution in [0.5, 0.6) is 5.75 Å². The molecule has 2 N–H and O–H groups in total. The van der Waals surface area contributed by atoms with Gasteiger partial charge in [0.2, 0.25) is 0 Å². The Bertz CT molecular complexity index is 653. The fraction of sp³-hybridized carbons (Fsp3) is 0.375. The summed E-state index contributed by atoms with van der Waals surface area (Å²) >= 11 is 1.60. The third kappa shape index (κ3) is 5.04. The van der Waals surface area contributed by atoms with E-state index in [2.05, 4.69) is 16.2 Å². The van der Waals surface area contributed by atoms with Crippen molar-refractivity contribution in [3.05, 3.63) is 45.4 Å². The summed E-state index contributed by atoms with van der Waals surface area (Å²) in [6.07, 6.45) is 0.502. The summed E-state index contributed by atoms with van der Waals surface area (Å²) in [5.41, 5.74) is 8.99. The lowest BCUT2D eigenvalue weighted by molar-refractivity contribution is 0.106. The fourth-order valence-electron chi connectivity index (χ4n) is 1.89. The van der Waals surface area contributed by atoms with Crippen LogP contribution in [0, 0.1) is 20.8 Å². The number of benzene rings is 1. The van der Waals surface area contributed by atoms with Crippen LogP contribution in [0.1, 0.15) is 21.8 Å². The average Bonchev–Trinajstić information content (AvgIpc) is 2.87. The van der Waals surface area contributed by atoms with Gasteiger partial charge in [0.15, 0.2) is 6.61 Å². The van der Waals surface area contributed by atoms with E-state index < -0.39 is 0 Å². The lowest BCUT2D eigenvalue weighted by Gasteiger charge is -2.09. The molecular weight excluding hydrogens is 298 g/mol. The van der Waals surface area contributed by atoms with Crippen molar-refractivity contribution < 1.29 is 9.57 Å². The zero-order valence-electron chi connectivity index (χ0n) is 13.1. The van der Waals surface area contributed by atoms with Gasteiger partial charge < -0.3 is 15.3 Å². The highest BCUT2D eigenvalue weighted by Gasteiger charge is 2.02. The Morgan fingerprint density at radius 3 is 2.82 bits per heavy atom. The predicted octanol–water partition coefficient (Wildman–Crippen LogP) is 2.98. The molecule has 2 aromatic rings. The molecule has 6 heteroatoms. The molecule has 118 valence electrons. The molecule has 1 aromatic heterocycles. The van der Waals surface area contributed by atoms with E-state index in [1.807, 2.05) is 38.3 Å². The molecule has 0 bridgehead atoms.